The Morgan fingerprint density at radius 2 is 1.84 bits per heavy atom. The Balaban J connectivity index is 2.17. The third kappa shape index (κ3) is 6.79. The van der Waals surface area contributed by atoms with Crippen LogP contribution in [-0.2, 0) is 0 Å². The SMILES string of the molecule is COc1nc(N)nc(NCCCCCCC(C)C)n1. The number of hydrogen-bond acceptors (Lipinski definition) is 6. The molecular formula is C13H25N5O. The Morgan fingerprint density at radius 1 is 1.11 bits per heavy atom. The lowest BCUT2D eigenvalue weighted by atomic mass is 10.0. The third-order valence-corrected chi connectivity index (χ3v) is 2.81. The Hall–Kier alpha value is -1.59. The number of methoxy groups -OCH3 is 1. The maximum atomic E-state index is 5.55. The van der Waals surface area contributed by atoms with E-state index < -0.39 is 0 Å². The highest BCUT2D eigenvalue weighted by Crippen LogP contribution is 2.11. The molecule has 0 radical (unpaired) electrons. The molecule has 6 nitrogen and oxygen atoms in total. The molecular weight excluding hydrogens is 242 g/mol. The van der Waals surface area contributed by atoms with Crippen LogP contribution in [0.25, 0.3) is 0 Å². The van der Waals surface area contributed by atoms with Crippen molar-refractivity contribution in [2.45, 2.75) is 46.0 Å². The molecule has 0 aliphatic heterocycles. The largest absolute Gasteiger partial charge is 0.467 e. The van der Waals surface area contributed by atoms with E-state index in [0.717, 1.165) is 18.9 Å². The number of hydrogen-bond donors (Lipinski definition) is 2. The zero-order valence-corrected chi connectivity index (χ0v) is 12.1. The van der Waals surface area contributed by atoms with Crippen molar-refractivity contribution in [3.8, 4) is 6.01 Å². The fourth-order valence-electron chi connectivity index (χ4n) is 1.77. The first-order valence-electron chi connectivity index (χ1n) is 6.91. The number of nitrogens with zero attached hydrogens (tertiary/aromatic N) is 3. The fourth-order valence-corrected chi connectivity index (χ4v) is 1.77. The molecule has 1 aromatic rings. The first kappa shape index (κ1) is 15.5. The molecule has 0 fully saturated rings. The zero-order valence-electron chi connectivity index (χ0n) is 12.1. The van der Waals surface area contributed by atoms with E-state index in [1.54, 1.807) is 0 Å². The van der Waals surface area contributed by atoms with Gasteiger partial charge >= 0.3 is 6.01 Å². The second-order valence-electron chi connectivity index (χ2n) is 5.03. The molecule has 0 atom stereocenters. The highest BCUT2D eigenvalue weighted by Gasteiger charge is 2.03. The molecule has 0 bridgehead atoms. The van der Waals surface area contributed by atoms with E-state index in [9.17, 15) is 0 Å². The molecule has 0 aromatic carbocycles. The molecule has 3 N–H and O–H groups in total. The van der Waals surface area contributed by atoms with Gasteiger partial charge in [-0.25, -0.2) is 0 Å². The molecule has 19 heavy (non-hydrogen) atoms. The number of nitrogens with two attached hydrogens (primary N) is 1. The molecule has 108 valence electrons. The van der Waals surface area contributed by atoms with E-state index in [0.29, 0.717) is 5.95 Å². The predicted octanol–water partition coefficient (Wildman–Crippen LogP) is 2.48. The van der Waals surface area contributed by atoms with E-state index in [2.05, 4.69) is 34.1 Å². The molecule has 0 unspecified atom stereocenters. The average molecular weight is 267 g/mol. The zero-order chi connectivity index (χ0) is 14.1. The highest BCUT2D eigenvalue weighted by molar-refractivity contribution is 5.32. The molecule has 0 aliphatic rings. The van der Waals surface area contributed by atoms with Crippen LogP contribution in [0, 0.1) is 5.92 Å². The molecule has 1 aromatic heterocycles. The van der Waals surface area contributed by atoms with Gasteiger partial charge in [-0.15, -0.1) is 0 Å². The van der Waals surface area contributed by atoms with Gasteiger partial charge in [-0.3, -0.25) is 0 Å². The normalized spacial score (nSPS) is 10.7. The molecule has 0 aliphatic carbocycles. The summed E-state index contributed by atoms with van der Waals surface area (Å²) in [6.45, 7) is 5.37. The van der Waals surface area contributed by atoms with Gasteiger partial charge in [0.15, 0.2) is 0 Å². The van der Waals surface area contributed by atoms with Crippen LogP contribution in [0.5, 0.6) is 6.01 Å². The van der Waals surface area contributed by atoms with E-state index in [4.69, 9.17) is 10.5 Å². The number of ether oxygens (including phenoxy) is 1. The van der Waals surface area contributed by atoms with Crippen molar-refractivity contribution >= 4 is 11.9 Å². The predicted molar refractivity (Wildman–Crippen MR) is 77.2 cm³/mol. The van der Waals surface area contributed by atoms with Crippen molar-refractivity contribution in [1.82, 2.24) is 15.0 Å². The molecule has 0 saturated heterocycles. The summed E-state index contributed by atoms with van der Waals surface area (Å²) < 4.78 is 4.94. The number of anilines is 2. The summed E-state index contributed by atoms with van der Waals surface area (Å²) in [4.78, 5) is 11.9. The summed E-state index contributed by atoms with van der Waals surface area (Å²) in [6.07, 6.45) is 6.23. The maximum Gasteiger partial charge on any atom is 0.322 e. The molecule has 0 spiro atoms. The van der Waals surface area contributed by atoms with Crippen LogP contribution < -0.4 is 15.8 Å². The van der Waals surface area contributed by atoms with Crippen LogP contribution in [0.4, 0.5) is 11.9 Å². The van der Waals surface area contributed by atoms with Gasteiger partial charge in [-0.2, -0.15) is 15.0 Å². The molecule has 1 rings (SSSR count). The van der Waals surface area contributed by atoms with Gasteiger partial charge in [0.2, 0.25) is 11.9 Å². The van der Waals surface area contributed by atoms with Crippen molar-refractivity contribution in [3.63, 3.8) is 0 Å². The Bertz CT molecular complexity index is 370. The minimum absolute atomic E-state index is 0.172. The summed E-state index contributed by atoms with van der Waals surface area (Å²) in [6, 6.07) is 0.243. The summed E-state index contributed by atoms with van der Waals surface area (Å²) in [5, 5.41) is 3.14. The van der Waals surface area contributed by atoms with Gasteiger partial charge in [0.05, 0.1) is 7.11 Å². The maximum absolute atomic E-state index is 5.55. The van der Waals surface area contributed by atoms with Crippen LogP contribution >= 0.6 is 0 Å². The van der Waals surface area contributed by atoms with Crippen LogP contribution in [0.3, 0.4) is 0 Å². The van der Waals surface area contributed by atoms with Gasteiger partial charge < -0.3 is 15.8 Å². The molecule has 0 saturated carbocycles. The lowest BCUT2D eigenvalue weighted by Crippen LogP contribution is -2.09. The first-order chi connectivity index (χ1) is 9.11. The third-order valence-electron chi connectivity index (χ3n) is 2.81. The van der Waals surface area contributed by atoms with Gasteiger partial charge in [0.1, 0.15) is 0 Å². The van der Waals surface area contributed by atoms with Crippen molar-refractivity contribution < 1.29 is 4.74 Å². The van der Waals surface area contributed by atoms with Crippen molar-refractivity contribution in [2.75, 3.05) is 24.7 Å². The summed E-state index contributed by atoms with van der Waals surface area (Å²) >= 11 is 0. The van der Waals surface area contributed by atoms with Crippen molar-refractivity contribution in [3.05, 3.63) is 0 Å². The molecule has 6 heteroatoms. The fraction of sp³-hybridized carbons (Fsp3) is 0.769. The van der Waals surface area contributed by atoms with Gasteiger partial charge in [0.25, 0.3) is 0 Å². The number of nitrogens with one attached hydrogen (secondary N) is 1. The summed E-state index contributed by atoms with van der Waals surface area (Å²) in [5.41, 5.74) is 5.55. The minimum atomic E-state index is 0.172. The molecule has 0 amide bonds. The average Bonchev–Trinajstić information content (AvgIpc) is 2.36. The number of aromatic nitrogens is 3. The van der Waals surface area contributed by atoms with Crippen LogP contribution in [0.2, 0.25) is 0 Å². The van der Waals surface area contributed by atoms with E-state index in [1.165, 1.54) is 32.8 Å². The van der Waals surface area contributed by atoms with Gasteiger partial charge in [0, 0.05) is 6.54 Å². The van der Waals surface area contributed by atoms with Gasteiger partial charge in [-0.05, 0) is 12.3 Å². The van der Waals surface area contributed by atoms with Crippen LogP contribution in [0.1, 0.15) is 46.0 Å². The quantitative estimate of drug-likeness (QED) is 0.668. The Morgan fingerprint density at radius 3 is 2.53 bits per heavy atom. The van der Waals surface area contributed by atoms with E-state index in [-0.39, 0.29) is 12.0 Å². The van der Waals surface area contributed by atoms with E-state index >= 15 is 0 Å². The lowest BCUT2D eigenvalue weighted by molar-refractivity contribution is 0.379. The second kappa shape index (κ2) is 8.50. The molecule has 1 heterocycles. The van der Waals surface area contributed by atoms with Crippen molar-refractivity contribution in [1.29, 1.82) is 0 Å². The number of rotatable bonds is 9. The van der Waals surface area contributed by atoms with Crippen LogP contribution in [-0.4, -0.2) is 28.6 Å². The Kier molecular flexibility index (Phi) is 6.92. The first-order valence-corrected chi connectivity index (χ1v) is 6.91. The van der Waals surface area contributed by atoms with Crippen molar-refractivity contribution in [2.24, 2.45) is 5.92 Å². The van der Waals surface area contributed by atoms with Crippen LogP contribution in [0.15, 0.2) is 0 Å². The second-order valence-corrected chi connectivity index (χ2v) is 5.03. The Labute approximate surface area is 115 Å². The highest BCUT2D eigenvalue weighted by atomic mass is 16.5. The number of nitrogen functional groups attached to an aromatic ring is 1. The van der Waals surface area contributed by atoms with Gasteiger partial charge in [-0.1, -0.05) is 39.5 Å². The topological polar surface area (TPSA) is 86.0 Å². The summed E-state index contributed by atoms with van der Waals surface area (Å²) in [7, 11) is 1.51. The monoisotopic (exact) mass is 267 g/mol. The minimum Gasteiger partial charge on any atom is -0.467 e. The number of unbranched alkanes of at least 4 members (excludes halogenated alkanes) is 3. The summed E-state index contributed by atoms with van der Waals surface area (Å²) in [5.74, 6) is 1.46. The van der Waals surface area contributed by atoms with E-state index in [1.807, 2.05) is 0 Å². The smallest absolute Gasteiger partial charge is 0.322 e. The standard InChI is InChI=1S/C13H25N5O/c1-10(2)8-6-4-5-7-9-15-12-16-11(14)17-13(18-12)19-3/h10H,4-9H2,1-3H3,(H3,14,15,16,17,18). The lowest BCUT2D eigenvalue weighted by Gasteiger charge is -2.07.